The van der Waals surface area contributed by atoms with E-state index in [-0.39, 0.29) is 27.6 Å². The highest BCUT2D eigenvalue weighted by Crippen LogP contribution is 2.44. The Labute approximate surface area is 179 Å². The van der Waals surface area contributed by atoms with Gasteiger partial charge >= 0.3 is 5.91 Å². The number of carbonyl (C=O) groups excluding carboxylic acids is 2. The molecule has 7 nitrogen and oxygen atoms in total. The smallest absolute Gasteiger partial charge is 0.301 e. The minimum atomic E-state index is -1.20. The maximum absolute atomic E-state index is 14.0. The number of ether oxygens (including phenoxy) is 1. The van der Waals surface area contributed by atoms with Gasteiger partial charge in [-0.25, -0.2) is 8.78 Å². The monoisotopic (exact) mass is 443 g/mol. The van der Waals surface area contributed by atoms with Gasteiger partial charge in [0.15, 0.2) is 0 Å². The number of amides is 1. The lowest BCUT2D eigenvalue weighted by Crippen LogP contribution is -2.29. The van der Waals surface area contributed by atoms with Gasteiger partial charge in [-0.2, -0.15) is 0 Å². The summed E-state index contributed by atoms with van der Waals surface area (Å²) in [7, 11) is 1.32. The molecule has 0 unspecified atom stereocenters. The minimum Gasteiger partial charge on any atom is -0.507 e. The molecule has 158 valence electrons. The number of rotatable bonds is 4. The van der Waals surface area contributed by atoms with Gasteiger partial charge in [0.25, 0.3) is 5.78 Å². The van der Waals surface area contributed by atoms with E-state index in [2.05, 4.69) is 10.2 Å². The van der Waals surface area contributed by atoms with Crippen LogP contribution >= 0.6 is 11.3 Å². The summed E-state index contributed by atoms with van der Waals surface area (Å²) in [6.07, 6.45) is 0. The van der Waals surface area contributed by atoms with Gasteiger partial charge in [-0.15, -0.1) is 10.2 Å². The zero-order chi connectivity index (χ0) is 22.3. The highest BCUT2D eigenvalue weighted by atomic mass is 32.1. The maximum atomic E-state index is 14.0. The molecule has 2 heterocycles. The molecular weight excluding hydrogens is 428 g/mol. The fourth-order valence-corrected chi connectivity index (χ4v) is 4.13. The first kappa shape index (κ1) is 20.6. The van der Waals surface area contributed by atoms with Crippen molar-refractivity contribution in [2.24, 2.45) is 0 Å². The van der Waals surface area contributed by atoms with Crippen LogP contribution in [0.25, 0.3) is 5.76 Å². The lowest BCUT2D eigenvalue weighted by Gasteiger charge is -2.22. The Bertz CT molecular complexity index is 1240. The Balaban J connectivity index is 1.99. The number of nitrogens with zero attached hydrogens (tertiary/aromatic N) is 3. The summed E-state index contributed by atoms with van der Waals surface area (Å²) in [5, 5.41) is 19.5. The molecule has 0 aliphatic carbocycles. The number of aliphatic hydroxyl groups excluding tert-OH is 1. The Morgan fingerprint density at radius 3 is 2.52 bits per heavy atom. The summed E-state index contributed by atoms with van der Waals surface area (Å²) in [6.45, 7) is 1.67. The number of methoxy groups -OCH3 is 1. The number of carbonyl (C=O) groups is 2. The van der Waals surface area contributed by atoms with E-state index in [1.807, 2.05) is 0 Å². The van der Waals surface area contributed by atoms with Gasteiger partial charge in [0, 0.05) is 0 Å². The summed E-state index contributed by atoms with van der Waals surface area (Å²) < 4.78 is 33.1. The molecule has 1 aromatic heterocycles. The van der Waals surface area contributed by atoms with Gasteiger partial charge in [-0.05, 0) is 42.8 Å². The van der Waals surface area contributed by atoms with Crippen LogP contribution in [0.2, 0.25) is 0 Å². The molecule has 0 bridgehead atoms. The Hall–Kier alpha value is -3.66. The van der Waals surface area contributed by atoms with E-state index >= 15 is 0 Å². The standard InChI is InChI=1S/C21H15F2N3O4S/c1-10-24-25-21(31-10)26-17(11-4-3-5-12(22)8-11)16(19(28)20(26)29)18(27)14-9-13(23)6-7-15(14)30-2/h3-9,17,27H,1-2H3/t17-/m0/s1. The van der Waals surface area contributed by atoms with E-state index in [1.54, 1.807) is 6.92 Å². The third-order valence-electron chi connectivity index (χ3n) is 4.75. The first-order valence-corrected chi connectivity index (χ1v) is 9.84. The average Bonchev–Trinajstić information content (AvgIpc) is 3.28. The van der Waals surface area contributed by atoms with E-state index in [9.17, 15) is 23.5 Å². The van der Waals surface area contributed by atoms with Crippen LogP contribution in [0.5, 0.6) is 5.75 Å². The van der Waals surface area contributed by atoms with Gasteiger partial charge in [0.2, 0.25) is 5.13 Å². The van der Waals surface area contributed by atoms with Crippen molar-refractivity contribution in [2.75, 3.05) is 12.0 Å². The SMILES string of the molecule is COc1ccc(F)cc1C(O)=C1C(=O)C(=O)N(c2nnc(C)s2)[C@H]1c1cccc(F)c1. The Morgan fingerprint density at radius 2 is 1.87 bits per heavy atom. The van der Waals surface area contributed by atoms with Crippen molar-refractivity contribution in [3.63, 3.8) is 0 Å². The average molecular weight is 443 g/mol. The second kappa shape index (κ2) is 7.88. The largest absolute Gasteiger partial charge is 0.507 e. The normalized spacial score (nSPS) is 17.9. The quantitative estimate of drug-likeness (QED) is 0.375. The molecule has 1 saturated heterocycles. The number of aromatic nitrogens is 2. The summed E-state index contributed by atoms with van der Waals surface area (Å²) in [4.78, 5) is 27.0. The minimum absolute atomic E-state index is 0.0925. The Kier molecular flexibility index (Phi) is 5.24. The van der Waals surface area contributed by atoms with Crippen LogP contribution in [-0.2, 0) is 9.59 Å². The third-order valence-corrected chi connectivity index (χ3v) is 5.58. The van der Waals surface area contributed by atoms with Crippen LogP contribution in [0.3, 0.4) is 0 Å². The van der Waals surface area contributed by atoms with Crippen LogP contribution in [0.1, 0.15) is 22.2 Å². The molecule has 0 saturated carbocycles. The molecule has 1 aliphatic rings. The zero-order valence-electron chi connectivity index (χ0n) is 16.3. The molecule has 1 N–H and O–H groups in total. The van der Waals surface area contributed by atoms with Crippen molar-refractivity contribution in [1.29, 1.82) is 0 Å². The molecule has 1 fully saturated rings. The number of aryl methyl sites for hydroxylation is 1. The molecular formula is C21H15F2N3O4S. The van der Waals surface area contributed by atoms with Gasteiger partial charge in [0.05, 0.1) is 24.3 Å². The highest BCUT2D eigenvalue weighted by molar-refractivity contribution is 7.15. The summed E-state index contributed by atoms with van der Waals surface area (Å²) >= 11 is 1.06. The van der Waals surface area contributed by atoms with Gasteiger partial charge in [-0.1, -0.05) is 23.5 Å². The molecule has 3 aromatic rings. The summed E-state index contributed by atoms with van der Waals surface area (Å²) in [5.41, 5.74) is -0.230. The summed E-state index contributed by atoms with van der Waals surface area (Å²) in [6, 6.07) is 7.48. The maximum Gasteiger partial charge on any atom is 0.301 e. The third kappa shape index (κ3) is 3.55. The number of ketones is 1. The number of benzene rings is 2. The first-order valence-electron chi connectivity index (χ1n) is 9.02. The van der Waals surface area contributed by atoms with Crippen molar-refractivity contribution in [2.45, 2.75) is 13.0 Å². The molecule has 0 spiro atoms. The molecule has 1 amide bonds. The fourth-order valence-electron chi connectivity index (χ4n) is 3.42. The summed E-state index contributed by atoms with van der Waals surface area (Å²) in [5.74, 6) is -3.82. The van der Waals surface area contributed by atoms with Crippen molar-refractivity contribution in [3.8, 4) is 5.75 Å². The number of anilines is 1. The van der Waals surface area contributed by atoms with Gasteiger partial charge < -0.3 is 9.84 Å². The van der Waals surface area contributed by atoms with E-state index in [0.717, 1.165) is 34.4 Å². The molecule has 1 atom stereocenters. The Morgan fingerprint density at radius 1 is 1.13 bits per heavy atom. The molecule has 10 heteroatoms. The molecule has 2 aromatic carbocycles. The lowest BCUT2D eigenvalue weighted by molar-refractivity contribution is -0.132. The van der Waals surface area contributed by atoms with E-state index in [0.29, 0.717) is 5.01 Å². The van der Waals surface area contributed by atoms with Crippen molar-refractivity contribution in [3.05, 3.63) is 75.8 Å². The number of Topliss-reactive ketones (excluding diaryl/α,β-unsaturated/α-hetero) is 1. The second-order valence-corrected chi connectivity index (χ2v) is 7.83. The molecule has 1 aliphatic heterocycles. The zero-order valence-corrected chi connectivity index (χ0v) is 17.1. The number of halogens is 2. The van der Waals surface area contributed by atoms with Crippen LogP contribution in [-0.4, -0.2) is 34.1 Å². The van der Waals surface area contributed by atoms with Crippen LogP contribution in [0, 0.1) is 18.6 Å². The molecule has 4 rings (SSSR count). The topological polar surface area (TPSA) is 92.6 Å². The van der Waals surface area contributed by atoms with Crippen LogP contribution in [0.4, 0.5) is 13.9 Å². The second-order valence-electron chi connectivity index (χ2n) is 6.67. The fraction of sp³-hybridized carbons (Fsp3) is 0.143. The van der Waals surface area contributed by atoms with Crippen LogP contribution in [0.15, 0.2) is 48.0 Å². The van der Waals surface area contributed by atoms with Crippen LogP contribution < -0.4 is 9.64 Å². The van der Waals surface area contributed by atoms with Crippen molar-refractivity contribution in [1.82, 2.24) is 10.2 Å². The van der Waals surface area contributed by atoms with Crippen molar-refractivity contribution >= 4 is 33.9 Å². The predicted molar refractivity (Wildman–Crippen MR) is 109 cm³/mol. The van der Waals surface area contributed by atoms with E-state index in [1.165, 1.54) is 31.4 Å². The predicted octanol–water partition coefficient (Wildman–Crippen LogP) is 3.76. The molecule has 31 heavy (non-hydrogen) atoms. The highest BCUT2D eigenvalue weighted by Gasteiger charge is 2.48. The van der Waals surface area contributed by atoms with Gasteiger partial charge in [0.1, 0.15) is 28.2 Å². The molecule has 0 radical (unpaired) electrons. The van der Waals surface area contributed by atoms with E-state index < -0.39 is 35.1 Å². The number of hydrogen-bond acceptors (Lipinski definition) is 7. The van der Waals surface area contributed by atoms with Gasteiger partial charge in [-0.3, -0.25) is 14.5 Å². The van der Waals surface area contributed by atoms with Crippen molar-refractivity contribution < 1.29 is 28.2 Å². The number of aliphatic hydroxyl groups is 1. The van der Waals surface area contributed by atoms with E-state index in [4.69, 9.17) is 4.74 Å². The number of hydrogen-bond donors (Lipinski definition) is 1. The lowest BCUT2D eigenvalue weighted by atomic mass is 9.95. The first-order chi connectivity index (χ1) is 14.8.